The van der Waals surface area contributed by atoms with Gasteiger partial charge in [-0.15, -0.1) is 11.3 Å². The number of hydrogen-bond donors (Lipinski definition) is 1. The summed E-state index contributed by atoms with van der Waals surface area (Å²) in [6, 6.07) is 0. The molecule has 6 nitrogen and oxygen atoms in total. The van der Waals surface area contributed by atoms with Crippen molar-refractivity contribution < 1.29 is 19.1 Å². The van der Waals surface area contributed by atoms with E-state index >= 15 is 0 Å². The number of methoxy groups -OCH3 is 1. The second-order valence-corrected chi connectivity index (χ2v) is 4.24. The summed E-state index contributed by atoms with van der Waals surface area (Å²) in [4.78, 5) is 26.3. The summed E-state index contributed by atoms with van der Waals surface area (Å²) < 4.78 is 9.32. The Labute approximate surface area is 109 Å². The topological polar surface area (TPSA) is 77.5 Å². The number of esters is 2. The molecule has 18 heavy (non-hydrogen) atoms. The van der Waals surface area contributed by atoms with E-state index in [0.717, 1.165) is 5.69 Å². The van der Waals surface area contributed by atoms with Crippen LogP contribution in [-0.2, 0) is 25.5 Å². The molecular formula is C11H16N2O4S. The number of thiazole rings is 1. The van der Waals surface area contributed by atoms with Crippen molar-refractivity contribution in [2.75, 3.05) is 25.6 Å². The summed E-state index contributed by atoms with van der Waals surface area (Å²) in [6.07, 6.45) is 0.850. The number of aromatic nitrogens is 1. The maximum atomic E-state index is 11.2. The van der Waals surface area contributed by atoms with Gasteiger partial charge in [0.15, 0.2) is 5.13 Å². The van der Waals surface area contributed by atoms with Crippen molar-refractivity contribution in [1.82, 2.24) is 4.98 Å². The lowest BCUT2D eigenvalue weighted by atomic mass is 10.2. The average Bonchev–Trinajstić information content (AvgIpc) is 2.82. The maximum absolute atomic E-state index is 11.2. The molecule has 7 heteroatoms. The Bertz CT molecular complexity index is 406. The number of hydrogen-bond acceptors (Lipinski definition) is 7. The van der Waals surface area contributed by atoms with E-state index in [1.807, 2.05) is 5.38 Å². The molecule has 0 aliphatic carbocycles. The van der Waals surface area contributed by atoms with E-state index in [2.05, 4.69) is 15.0 Å². The third kappa shape index (κ3) is 5.13. The van der Waals surface area contributed by atoms with Crippen molar-refractivity contribution in [1.29, 1.82) is 0 Å². The lowest BCUT2D eigenvalue weighted by molar-refractivity contribution is -0.143. The highest BCUT2D eigenvalue weighted by Gasteiger charge is 2.07. The predicted molar refractivity (Wildman–Crippen MR) is 67.6 cm³/mol. The minimum atomic E-state index is -0.349. The fourth-order valence-electron chi connectivity index (χ4n) is 1.19. The number of carbonyl (C=O) groups excluding carboxylic acids is 2. The van der Waals surface area contributed by atoms with Crippen LogP contribution in [0, 0.1) is 0 Å². The molecule has 0 atom stereocenters. The van der Waals surface area contributed by atoms with Crippen LogP contribution in [0.2, 0.25) is 0 Å². The van der Waals surface area contributed by atoms with Crippen molar-refractivity contribution in [3.63, 3.8) is 0 Å². The molecule has 1 aromatic rings. The van der Waals surface area contributed by atoms with Gasteiger partial charge in [-0.1, -0.05) is 0 Å². The molecule has 0 saturated carbocycles. The number of anilines is 1. The van der Waals surface area contributed by atoms with E-state index < -0.39 is 0 Å². The molecule has 0 amide bonds. The molecule has 1 aromatic heterocycles. The molecule has 100 valence electrons. The zero-order valence-corrected chi connectivity index (χ0v) is 11.2. The summed E-state index contributed by atoms with van der Waals surface area (Å²) in [5, 5.41) is 5.33. The Morgan fingerprint density at radius 2 is 2.22 bits per heavy atom. The third-order valence-corrected chi connectivity index (χ3v) is 2.90. The summed E-state index contributed by atoms with van der Waals surface area (Å²) in [5.74, 6) is -0.576. The summed E-state index contributed by atoms with van der Waals surface area (Å²) >= 11 is 1.38. The molecule has 1 N–H and O–H groups in total. The first kappa shape index (κ1) is 14.4. The van der Waals surface area contributed by atoms with Crippen molar-refractivity contribution in [3.05, 3.63) is 11.1 Å². The van der Waals surface area contributed by atoms with Crippen molar-refractivity contribution >= 4 is 28.4 Å². The minimum absolute atomic E-state index is 0.0847. The first-order valence-electron chi connectivity index (χ1n) is 5.56. The first-order chi connectivity index (χ1) is 8.65. The number of rotatable bonds is 7. The third-order valence-electron chi connectivity index (χ3n) is 2.05. The van der Waals surface area contributed by atoms with Crippen LogP contribution < -0.4 is 5.32 Å². The molecule has 0 radical (unpaired) electrons. The number of ether oxygens (including phenoxy) is 2. The largest absolute Gasteiger partial charge is 0.468 e. The van der Waals surface area contributed by atoms with Crippen LogP contribution in [0.15, 0.2) is 5.38 Å². The molecule has 0 aliphatic rings. The van der Waals surface area contributed by atoms with E-state index in [1.54, 1.807) is 6.92 Å². The van der Waals surface area contributed by atoms with Gasteiger partial charge in [0.05, 0.1) is 25.8 Å². The van der Waals surface area contributed by atoms with Crippen LogP contribution in [0.4, 0.5) is 5.13 Å². The van der Waals surface area contributed by atoms with E-state index in [1.165, 1.54) is 18.4 Å². The fourth-order valence-corrected chi connectivity index (χ4v) is 1.93. The SMILES string of the molecule is CCOC(=O)CCc1csc(NCC(=O)OC)n1. The highest BCUT2D eigenvalue weighted by atomic mass is 32.1. The van der Waals surface area contributed by atoms with E-state index in [0.29, 0.717) is 24.6 Å². The van der Waals surface area contributed by atoms with E-state index in [9.17, 15) is 9.59 Å². The van der Waals surface area contributed by atoms with Crippen molar-refractivity contribution in [3.8, 4) is 0 Å². The highest BCUT2D eigenvalue weighted by molar-refractivity contribution is 7.13. The van der Waals surface area contributed by atoms with E-state index in [-0.39, 0.29) is 18.5 Å². The van der Waals surface area contributed by atoms with Crippen molar-refractivity contribution in [2.24, 2.45) is 0 Å². The molecular weight excluding hydrogens is 256 g/mol. The van der Waals surface area contributed by atoms with Crippen LogP contribution in [0.5, 0.6) is 0 Å². The summed E-state index contributed by atoms with van der Waals surface area (Å²) in [7, 11) is 1.33. The zero-order valence-electron chi connectivity index (χ0n) is 10.4. The van der Waals surface area contributed by atoms with Gasteiger partial charge in [-0.3, -0.25) is 9.59 Å². The smallest absolute Gasteiger partial charge is 0.325 e. The number of nitrogens with one attached hydrogen (secondary N) is 1. The normalized spacial score (nSPS) is 9.89. The summed E-state index contributed by atoms with van der Waals surface area (Å²) in [5.41, 5.74) is 0.806. The molecule has 1 rings (SSSR count). The molecule has 0 aliphatic heterocycles. The van der Waals surface area contributed by atoms with Crippen LogP contribution >= 0.6 is 11.3 Å². The van der Waals surface area contributed by atoms with Gasteiger partial charge in [-0.05, 0) is 6.92 Å². The van der Waals surface area contributed by atoms with Gasteiger partial charge in [0.25, 0.3) is 0 Å². The lowest BCUT2D eigenvalue weighted by Crippen LogP contribution is -2.14. The molecule has 0 saturated heterocycles. The average molecular weight is 272 g/mol. The Kier molecular flexibility index (Phi) is 6.13. The summed E-state index contributed by atoms with van der Waals surface area (Å²) in [6.45, 7) is 2.25. The molecule has 0 unspecified atom stereocenters. The van der Waals surface area contributed by atoms with Crippen molar-refractivity contribution in [2.45, 2.75) is 19.8 Å². The second kappa shape index (κ2) is 7.65. The van der Waals surface area contributed by atoms with Gasteiger partial charge in [0, 0.05) is 11.8 Å². The van der Waals surface area contributed by atoms with Crippen LogP contribution in [0.1, 0.15) is 19.0 Å². The molecule has 0 bridgehead atoms. The fraction of sp³-hybridized carbons (Fsp3) is 0.545. The van der Waals surface area contributed by atoms with Gasteiger partial charge >= 0.3 is 11.9 Å². The lowest BCUT2D eigenvalue weighted by Gasteiger charge is -2.00. The number of nitrogens with zero attached hydrogens (tertiary/aromatic N) is 1. The predicted octanol–water partition coefficient (Wildman–Crippen LogP) is 1.22. The van der Waals surface area contributed by atoms with Gasteiger partial charge < -0.3 is 14.8 Å². The molecule has 0 aromatic carbocycles. The minimum Gasteiger partial charge on any atom is -0.468 e. The Balaban J connectivity index is 2.34. The molecule has 0 fully saturated rings. The Hall–Kier alpha value is -1.63. The van der Waals surface area contributed by atoms with Crippen LogP contribution in [0.3, 0.4) is 0 Å². The van der Waals surface area contributed by atoms with Crippen LogP contribution in [-0.4, -0.2) is 37.2 Å². The monoisotopic (exact) mass is 272 g/mol. The number of aryl methyl sites for hydroxylation is 1. The van der Waals surface area contributed by atoms with Gasteiger partial charge in [0.1, 0.15) is 6.54 Å². The number of carbonyl (C=O) groups is 2. The highest BCUT2D eigenvalue weighted by Crippen LogP contribution is 2.16. The Morgan fingerprint density at radius 1 is 1.44 bits per heavy atom. The standard InChI is InChI=1S/C11H16N2O4S/c1-3-17-9(14)5-4-8-7-18-11(13-8)12-6-10(15)16-2/h7H,3-6H2,1-2H3,(H,12,13). The second-order valence-electron chi connectivity index (χ2n) is 3.38. The van der Waals surface area contributed by atoms with Gasteiger partial charge in [0.2, 0.25) is 0 Å². The van der Waals surface area contributed by atoms with E-state index in [4.69, 9.17) is 4.74 Å². The van der Waals surface area contributed by atoms with Gasteiger partial charge in [-0.25, -0.2) is 4.98 Å². The Morgan fingerprint density at radius 3 is 2.89 bits per heavy atom. The van der Waals surface area contributed by atoms with Gasteiger partial charge in [-0.2, -0.15) is 0 Å². The molecule has 0 spiro atoms. The first-order valence-corrected chi connectivity index (χ1v) is 6.44. The molecule has 1 heterocycles. The van der Waals surface area contributed by atoms with Crippen LogP contribution in [0.25, 0.3) is 0 Å². The zero-order chi connectivity index (χ0) is 13.4. The quantitative estimate of drug-likeness (QED) is 0.752. The maximum Gasteiger partial charge on any atom is 0.325 e.